The molecule has 24 heavy (non-hydrogen) atoms. The Morgan fingerprint density at radius 3 is 2.58 bits per heavy atom. The van der Waals surface area contributed by atoms with Gasteiger partial charge in [-0.05, 0) is 30.5 Å². The van der Waals surface area contributed by atoms with Gasteiger partial charge < -0.3 is 10.6 Å². The minimum atomic E-state index is -0.260. The highest BCUT2D eigenvalue weighted by molar-refractivity contribution is 7.22. The van der Waals surface area contributed by atoms with Gasteiger partial charge in [0.15, 0.2) is 0 Å². The highest BCUT2D eigenvalue weighted by atomic mass is 32.1. The van der Waals surface area contributed by atoms with Gasteiger partial charge in [0, 0.05) is 7.05 Å². The lowest BCUT2D eigenvalue weighted by atomic mass is 10.1. The molecule has 2 N–H and O–H groups in total. The number of thiophene rings is 1. The zero-order chi connectivity index (χ0) is 17.1. The molecule has 122 valence electrons. The number of carbonyl (C=O) groups is 2. The minimum absolute atomic E-state index is 0.244. The third-order valence-electron chi connectivity index (χ3n) is 3.38. The Balaban J connectivity index is 1.88. The van der Waals surface area contributed by atoms with Crippen molar-refractivity contribution in [3.63, 3.8) is 0 Å². The molecule has 0 saturated heterocycles. The summed E-state index contributed by atoms with van der Waals surface area (Å²) in [5.41, 5.74) is 1.58. The molecule has 0 spiro atoms. The van der Waals surface area contributed by atoms with Gasteiger partial charge in [-0.2, -0.15) is 0 Å². The summed E-state index contributed by atoms with van der Waals surface area (Å²) in [6, 6.07) is 10.8. The summed E-state index contributed by atoms with van der Waals surface area (Å²) in [6.07, 6.45) is 0. The summed E-state index contributed by atoms with van der Waals surface area (Å²) in [7, 11) is 1.56. The van der Waals surface area contributed by atoms with Crippen LogP contribution in [-0.2, 0) is 0 Å². The summed E-state index contributed by atoms with van der Waals surface area (Å²) < 4.78 is 0. The predicted molar refractivity (Wildman–Crippen MR) is 97.9 cm³/mol. The minimum Gasteiger partial charge on any atom is -0.355 e. The fraction of sp³-hybridized carbons (Fsp3) is 0.118. The van der Waals surface area contributed by atoms with Crippen molar-refractivity contribution in [2.45, 2.75) is 6.92 Å². The highest BCUT2D eigenvalue weighted by Gasteiger charge is 2.19. The normalized spacial score (nSPS) is 10.4. The molecular weight excluding hydrogens is 342 g/mol. The Hall–Kier alpha value is -2.51. The van der Waals surface area contributed by atoms with E-state index in [2.05, 4.69) is 15.6 Å². The van der Waals surface area contributed by atoms with E-state index < -0.39 is 0 Å². The molecule has 0 atom stereocenters. The van der Waals surface area contributed by atoms with E-state index in [9.17, 15) is 9.59 Å². The summed E-state index contributed by atoms with van der Waals surface area (Å²) in [5.74, 6) is -0.504. The quantitative estimate of drug-likeness (QED) is 0.746. The lowest BCUT2D eigenvalue weighted by Crippen LogP contribution is -2.21. The SMILES string of the molecule is CNC(=O)c1ccccc1NC(=O)c1sc(-c2cccs2)nc1C. The molecule has 0 bridgehead atoms. The van der Waals surface area contributed by atoms with E-state index in [4.69, 9.17) is 0 Å². The van der Waals surface area contributed by atoms with Crippen LogP contribution in [0.25, 0.3) is 9.88 Å². The Morgan fingerprint density at radius 2 is 1.88 bits per heavy atom. The van der Waals surface area contributed by atoms with E-state index in [1.54, 1.807) is 42.6 Å². The number of benzene rings is 1. The number of nitrogens with zero attached hydrogens (tertiary/aromatic N) is 1. The van der Waals surface area contributed by atoms with Crippen LogP contribution < -0.4 is 10.6 Å². The Morgan fingerprint density at radius 1 is 1.08 bits per heavy atom. The average Bonchev–Trinajstić information content (AvgIpc) is 3.24. The smallest absolute Gasteiger partial charge is 0.267 e. The van der Waals surface area contributed by atoms with E-state index >= 15 is 0 Å². The van der Waals surface area contributed by atoms with Crippen molar-refractivity contribution in [2.75, 3.05) is 12.4 Å². The second-order valence-corrected chi connectivity index (χ2v) is 6.94. The predicted octanol–water partition coefficient (Wildman–Crippen LogP) is 3.79. The molecule has 0 unspecified atom stereocenters. The van der Waals surface area contributed by atoms with Gasteiger partial charge in [-0.25, -0.2) is 4.98 Å². The fourth-order valence-corrected chi connectivity index (χ4v) is 3.97. The van der Waals surface area contributed by atoms with Gasteiger partial charge in [0.25, 0.3) is 11.8 Å². The fourth-order valence-electron chi connectivity index (χ4n) is 2.22. The number of carbonyl (C=O) groups excluding carboxylic acids is 2. The van der Waals surface area contributed by atoms with Crippen LogP contribution in [-0.4, -0.2) is 23.8 Å². The lowest BCUT2D eigenvalue weighted by Gasteiger charge is -2.09. The van der Waals surface area contributed by atoms with Crippen molar-refractivity contribution in [1.29, 1.82) is 0 Å². The molecule has 0 aliphatic rings. The van der Waals surface area contributed by atoms with Crippen molar-refractivity contribution < 1.29 is 9.59 Å². The Kier molecular flexibility index (Phi) is 4.73. The summed E-state index contributed by atoms with van der Waals surface area (Å²) >= 11 is 2.94. The first-order chi connectivity index (χ1) is 11.6. The monoisotopic (exact) mass is 357 g/mol. The van der Waals surface area contributed by atoms with Gasteiger partial charge in [0.1, 0.15) is 9.88 Å². The van der Waals surface area contributed by atoms with Crippen molar-refractivity contribution in [2.24, 2.45) is 0 Å². The van der Waals surface area contributed by atoms with Gasteiger partial charge in [-0.1, -0.05) is 18.2 Å². The number of aryl methyl sites for hydroxylation is 1. The van der Waals surface area contributed by atoms with Crippen LogP contribution in [0.15, 0.2) is 41.8 Å². The molecule has 2 amide bonds. The number of amides is 2. The number of aromatic nitrogens is 1. The topological polar surface area (TPSA) is 71.1 Å². The molecule has 3 rings (SSSR count). The molecule has 5 nitrogen and oxygen atoms in total. The van der Waals surface area contributed by atoms with E-state index in [0.717, 1.165) is 9.88 Å². The van der Waals surface area contributed by atoms with Crippen LogP contribution in [0.1, 0.15) is 25.7 Å². The van der Waals surface area contributed by atoms with Gasteiger partial charge >= 0.3 is 0 Å². The third-order valence-corrected chi connectivity index (χ3v) is 5.58. The van der Waals surface area contributed by atoms with Gasteiger partial charge in [0.05, 0.1) is 21.8 Å². The molecule has 1 aromatic carbocycles. The summed E-state index contributed by atoms with van der Waals surface area (Å²) in [4.78, 5) is 30.6. The maximum atomic E-state index is 12.6. The zero-order valence-electron chi connectivity index (χ0n) is 13.1. The molecule has 0 aliphatic heterocycles. The van der Waals surface area contributed by atoms with Crippen LogP contribution in [0.3, 0.4) is 0 Å². The molecular formula is C17H15N3O2S2. The molecule has 3 aromatic rings. The maximum Gasteiger partial charge on any atom is 0.267 e. The van der Waals surface area contributed by atoms with Gasteiger partial charge in [-0.3, -0.25) is 9.59 Å². The molecule has 0 aliphatic carbocycles. The Labute approximate surface area is 147 Å². The highest BCUT2D eigenvalue weighted by Crippen LogP contribution is 2.31. The zero-order valence-corrected chi connectivity index (χ0v) is 14.8. The largest absolute Gasteiger partial charge is 0.355 e. The van der Waals surface area contributed by atoms with Gasteiger partial charge in [-0.15, -0.1) is 22.7 Å². The van der Waals surface area contributed by atoms with Crippen molar-refractivity contribution in [3.8, 4) is 9.88 Å². The number of hydrogen-bond acceptors (Lipinski definition) is 5. The number of rotatable bonds is 4. The summed E-state index contributed by atoms with van der Waals surface area (Å²) in [5, 5.41) is 8.19. The molecule has 0 fully saturated rings. The number of para-hydroxylation sites is 1. The number of anilines is 1. The first-order valence-corrected chi connectivity index (χ1v) is 8.93. The van der Waals surface area contributed by atoms with E-state index in [-0.39, 0.29) is 11.8 Å². The molecule has 2 heterocycles. The maximum absolute atomic E-state index is 12.6. The van der Waals surface area contributed by atoms with Crippen molar-refractivity contribution >= 4 is 40.2 Å². The number of nitrogens with one attached hydrogen (secondary N) is 2. The van der Waals surface area contributed by atoms with Crippen LogP contribution in [0.5, 0.6) is 0 Å². The standard InChI is InChI=1S/C17H15N3O2S2/c1-10-14(24-17(19-10)13-8-5-9-23-13)16(22)20-12-7-4-3-6-11(12)15(21)18-2/h3-9H,1-2H3,(H,18,21)(H,20,22). The average molecular weight is 357 g/mol. The molecule has 0 radical (unpaired) electrons. The first kappa shape index (κ1) is 16.4. The van der Waals surface area contributed by atoms with Crippen molar-refractivity contribution in [3.05, 3.63) is 57.9 Å². The number of thiazole rings is 1. The van der Waals surface area contributed by atoms with Crippen LogP contribution in [0.4, 0.5) is 5.69 Å². The molecule has 2 aromatic heterocycles. The first-order valence-electron chi connectivity index (χ1n) is 7.24. The Bertz CT molecular complexity index is 885. The second kappa shape index (κ2) is 6.94. The van der Waals surface area contributed by atoms with Crippen LogP contribution in [0, 0.1) is 6.92 Å². The van der Waals surface area contributed by atoms with E-state index in [1.807, 2.05) is 24.4 Å². The second-order valence-electron chi connectivity index (χ2n) is 4.99. The van der Waals surface area contributed by atoms with Crippen LogP contribution >= 0.6 is 22.7 Å². The summed E-state index contributed by atoms with van der Waals surface area (Å²) in [6.45, 7) is 1.81. The molecule has 0 saturated carbocycles. The molecule has 7 heteroatoms. The van der Waals surface area contributed by atoms with E-state index in [1.165, 1.54) is 11.3 Å². The van der Waals surface area contributed by atoms with Gasteiger partial charge in [0.2, 0.25) is 0 Å². The van der Waals surface area contributed by atoms with Crippen molar-refractivity contribution in [1.82, 2.24) is 10.3 Å². The number of hydrogen-bond donors (Lipinski definition) is 2. The lowest BCUT2D eigenvalue weighted by molar-refractivity contribution is 0.0964. The third kappa shape index (κ3) is 3.22. The van der Waals surface area contributed by atoms with E-state index in [0.29, 0.717) is 21.8 Å². The van der Waals surface area contributed by atoms with Crippen LogP contribution in [0.2, 0.25) is 0 Å².